The van der Waals surface area contributed by atoms with Gasteiger partial charge in [-0.1, -0.05) is 55.4 Å². The molecule has 2 aromatic carbocycles. The van der Waals surface area contributed by atoms with E-state index < -0.39 is 11.9 Å². The zero-order chi connectivity index (χ0) is 23.4. The van der Waals surface area contributed by atoms with Crippen molar-refractivity contribution in [1.82, 2.24) is 20.2 Å². The minimum Gasteiger partial charge on any atom is -0.336 e. The summed E-state index contributed by atoms with van der Waals surface area (Å²) >= 11 is 7.19. The average molecular weight is 473 g/mol. The molecule has 0 saturated carbocycles. The van der Waals surface area contributed by atoms with E-state index in [4.69, 9.17) is 11.6 Å². The highest BCUT2D eigenvalue weighted by molar-refractivity contribution is 7.99. The van der Waals surface area contributed by atoms with Crippen LogP contribution in [0.2, 0.25) is 5.02 Å². The van der Waals surface area contributed by atoms with Gasteiger partial charge in [-0.15, -0.1) is 0 Å². The number of hydrogen-bond donors (Lipinski definition) is 2. The average Bonchev–Trinajstić information content (AvgIpc) is 2.71. The highest BCUT2D eigenvalue weighted by atomic mass is 35.5. The second kappa shape index (κ2) is 10.2. The fourth-order valence-corrected chi connectivity index (χ4v) is 4.19. The van der Waals surface area contributed by atoms with Crippen LogP contribution in [0.3, 0.4) is 0 Å². The number of para-hydroxylation sites is 1. The predicted octanol–water partition coefficient (Wildman–Crippen LogP) is 4.49. The maximum Gasteiger partial charge on any atom is 0.321 e. The lowest BCUT2D eigenvalue weighted by atomic mass is 10.0. The van der Waals surface area contributed by atoms with Crippen molar-refractivity contribution in [2.45, 2.75) is 44.8 Å². The Bertz CT molecular complexity index is 1220. The van der Waals surface area contributed by atoms with Crippen LogP contribution < -0.4 is 16.2 Å². The zero-order valence-corrected chi connectivity index (χ0v) is 19.9. The van der Waals surface area contributed by atoms with Gasteiger partial charge in [-0.25, -0.2) is 9.78 Å². The number of carbonyl (C=O) groups excluding carboxylic acids is 2. The second-order valence-corrected chi connectivity index (χ2v) is 9.25. The third-order valence-electron chi connectivity index (χ3n) is 4.61. The number of fused-ring (bicyclic) bond motifs is 1. The molecule has 3 amide bonds. The number of thioether (sulfide) groups is 1. The topological polar surface area (TPSA) is 93.1 Å². The van der Waals surface area contributed by atoms with E-state index >= 15 is 0 Å². The van der Waals surface area contributed by atoms with Gasteiger partial charge >= 0.3 is 6.03 Å². The van der Waals surface area contributed by atoms with Crippen molar-refractivity contribution < 1.29 is 9.59 Å². The van der Waals surface area contributed by atoms with Crippen molar-refractivity contribution in [2.75, 3.05) is 5.75 Å². The minimum atomic E-state index is -0.564. The third kappa shape index (κ3) is 5.49. The number of halogens is 1. The van der Waals surface area contributed by atoms with E-state index in [0.29, 0.717) is 26.8 Å². The molecule has 0 fully saturated rings. The van der Waals surface area contributed by atoms with E-state index in [9.17, 15) is 14.4 Å². The van der Waals surface area contributed by atoms with Crippen molar-refractivity contribution in [3.05, 3.63) is 63.4 Å². The Kier molecular flexibility index (Phi) is 7.58. The van der Waals surface area contributed by atoms with Gasteiger partial charge in [-0.05, 0) is 49.6 Å². The van der Waals surface area contributed by atoms with Gasteiger partial charge < -0.3 is 5.32 Å². The summed E-state index contributed by atoms with van der Waals surface area (Å²) in [6.45, 7) is 7.69. The molecule has 7 nitrogen and oxygen atoms in total. The lowest BCUT2D eigenvalue weighted by Gasteiger charge is -2.18. The van der Waals surface area contributed by atoms with Gasteiger partial charge in [-0.3, -0.25) is 19.5 Å². The molecule has 0 spiro atoms. The fourth-order valence-electron chi connectivity index (χ4n) is 3.22. The van der Waals surface area contributed by atoms with E-state index in [1.165, 1.54) is 4.57 Å². The first-order chi connectivity index (χ1) is 15.2. The summed E-state index contributed by atoms with van der Waals surface area (Å²) in [7, 11) is 0. The minimum absolute atomic E-state index is 0.0894. The smallest absolute Gasteiger partial charge is 0.321 e. The normalized spacial score (nSPS) is 11.2. The Hall–Kier alpha value is -2.84. The maximum absolute atomic E-state index is 13.5. The molecule has 32 heavy (non-hydrogen) atoms. The summed E-state index contributed by atoms with van der Waals surface area (Å²) in [4.78, 5) is 42.2. The van der Waals surface area contributed by atoms with Gasteiger partial charge in [0.25, 0.3) is 5.56 Å². The molecule has 9 heteroatoms. The van der Waals surface area contributed by atoms with Crippen LogP contribution in [0.25, 0.3) is 16.6 Å². The van der Waals surface area contributed by atoms with Crippen LogP contribution in [-0.4, -0.2) is 33.3 Å². The Morgan fingerprint density at radius 2 is 1.84 bits per heavy atom. The number of hydrogen-bond acceptors (Lipinski definition) is 5. The molecule has 2 N–H and O–H groups in total. The molecule has 1 aromatic heterocycles. The molecule has 0 bridgehead atoms. The molecular weight excluding hydrogens is 448 g/mol. The van der Waals surface area contributed by atoms with Gasteiger partial charge in [0.2, 0.25) is 5.91 Å². The maximum atomic E-state index is 13.5. The SMILES string of the molecule is CC(C)NC(=O)NC(=O)CSc1nc2cc(Cl)ccc2c(=O)n1-c1ccccc1C(C)C. The number of rotatable bonds is 6. The standard InChI is InChI=1S/C23H25ClN4O3S/c1-13(2)16-7-5-6-8-19(16)28-21(30)17-10-9-15(24)11-18(17)26-23(28)32-12-20(29)27-22(31)25-14(3)4/h5-11,13-14H,12H2,1-4H3,(H2,25,27,29,31). The van der Waals surface area contributed by atoms with Gasteiger partial charge in [-0.2, -0.15) is 0 Å². The molecule has 0 atom stereocenters. The number of nitrogens with one attached hydrogen (secondary N) is 2. The van der Waals surface area contributed by atoms with E-state index in [1.54, 1.807) is 32.0 Å². The second-order valence-electron chi connectivity index (χ2n) is 7.87. The lowest BCUT2D eigenvalue weighted by Crippen LogP contribution is -2.43. The quantitative estimate of drug-likeness (QED) is 0.407. The van der Waals surface area contributed by atoms with Crippen LogP contribution in [0, 0.1) is 0 Å². The molecule has 3 rings (SSSR count). The lowest BCUT2D eigenvalue weighted by molar-refractivity contribution is -0.117. The van der Waals surface area contributed by atoms with Crippen LogP contribution in [0.4, 0.5) is 4.79 Å². The molecule has 0 aliphatic rings. The number of benzene rings is 2. The van der Waals surface area contributed by atoms with Crippen molar-refractivity contribution in [3.8, 4) is 5.69 Å². The monoisotopic (exact) mass is 472 g/mol. The number of urea groups is 1. The molecule has 168 valence electrons. The highest BCUT2D eigenvalue weighted by Gasteiger charge is 2.19. The van der Waals surface area contributed by atoms with Gasteiger partial charge in [0.05, 0.1) is 22.3 Å². The number of amides is 3. The van der Waals surface area contributed by atoms with E-state index in [2.05, 4.69) is 15.6 Å². The molecule has 0 aliphatic carbocycles. The molecule has 3 aromatic rings. The Morgan fingerprint density at radius 1 is 1.12 bits per heavy atom. The first-order valence-corrected chi connectivity index (χ1v) is 11.6. The van der Waals surface area contributed by atoms with Crippen LogP contribution >= 0.6 is 23.4 Å². The number of imide groups is 1. The fraction of sp³-hybridized carbons (Fsp3) is 0.304. The molecule has 0 aliphatic heterocycles. The van der Waals surface area contributed by atoms with Crippen LogP contribution in [0.5, 0.6) is 0 Å². The van der Waals surface area contributed by atoms with Gasteiger partial charge in [0, 0.05) is 11.1 Å². The van der Waals surface area contributed by atoms with Gasteiger partial charge in [0.1, 0.15) is 0 Å². The molecule has 0 radical (unpaired) electrons. The van der Waals surface area contributed by atoms with Crippen LogP contribution in [0.1, 0.15) is 39.2 Å². The Labute approximate surface area is 195 Å². The van der Waals surface area contributed by atoms with Gasteiger partial charge in [0.15, 0.2) is 5.16 Å². The summed E-state index contributed by atoms with van der Waals surface area (Å²) in [6, 6.07) is 11.9. The van der Waals surface area contributed by atoms with Crippen LogP contribution in [-0.2, 0) is 4.79 Å². The summed E-state index contributed by atoms with van der Waals surface area (Å²) in [5.74, 6) is -0.411. The Morgan fingerprint density at radius 3 is 2.53 bits per heavy atom. The molecule has 0 unspecified atom stereocenters. The third-order valence-corrected chi connectivity index (χ3v) is 5.78. The van der Waals surface area contributed by atoms with Crippen molar-refractivity contribution in [1.29, 1.82) is 0 Å². The molecule has 0 saturated heterocycles. The zero-order valence-electron chi connectivity index (χ0n) is 18.3. The first kappa shape index (κ1) is 23.8. The number of aromatic nitrogens is 2. The first-order valence-electron chi connectivity index (χ1n) is 10.2. The molecular formula is C23H25ClN4O3S. The van der Waals surface area contributed by atoms with Crippen molar-refractivity contribution in [2.24, 2.45) is 0 Å². The van der Waals surface area contributed by atoms with E-state index in [-0.39, 0.29) is 23.3 Å². The number of carbonyl (C=O) groups is 2. The summed E-state index contributed by atoms with van der Waals surface area (Å²) < 4.78 is 1.53. The molecule has 1 heterocycles. The summed E-state index contributed by atoms with van der Waals surface area (Å²) in [6.07, 6.45) is 0. The van der Waals surface area contributed by atoms with E-state index in [1.807, 2.05) is 38.1 Å². The predicted molar refractivity (Wildman–Crippen MR) is 129 cm³/mol. The van der Waals surface area contributed by atoms with Crippen molar-refractivity contribution >= 4 is 46.2 Å². The largest absolute Gasteiger partial charge is 0.336 e. The summed E-state index contributed by atoms with van der Waals surface area (Å²) in [5, 5.41) is 6.12. The Balaban J connectivity index is 2.05. The van der Waals surface area contributed by atoms with E-state index in [0.717, 1.165) is 17.3 Å². The number of nitrogens with zero attached hydrogens (tertiary/aromatic N) is 2. The van der Waals surface area contributed by atoms with Crippen LogP contribution in [0.15, 0.2) is 52.4 Å². The van der Waals surface area contributed by atoms with Crippen molar-refractivity contribution in [3.63, 3.8) is 0 Å². The summed E-state index contributed by atoms with van der Waals surface area (Å²) in [5.41, 5.74) is 1.88. The highest BCUT2D eigenvalue weighted by Crippen LogP contribution is 2.27.